The first-order valence-corrected chi connectivity index (χ1v) is 7.94. The van der Waals surface area contributed by atoms with E-state index in [0.717, 1.165) is 5.39 Å². The Kier molecular flexibility index (Phi) is 4.19. The summed E-state index contributed by atoms with van der Waals surface area (Å²) in [6, 6.07) is 10.6. The minimum atomic E-state index is -0.652. The number of fused-ring (bicyclic) bond motifs is 1. The SMILES string of the molecule is CC(C)(C)OC(=O)n1c(-c2ccnc(Cl)n2)cc2cc(C#N)ccc21. The molecular formula is C18H15ClN4O2. The molecule has 0 atom stereocenters. The van der Waals surface area contributed by atoms with Crippen molar-refractivity contribution in [3.05, 3.63) is 47.4 Å². The normalized spacial score (nSPS) is 11.3. The number of benzene rings is 1. The molecule has 0 radical (unpaired) electrons. The average molecular weight is 355 g/mol. The van der Waals surface area contributed by atoms with E-state index in [2.05, 4.69) is 16.0 Å². The van der Waals surface area contributed by atoms with Crippen LogP contribution in [0.3, 0.4) is 0 Å². The fourth-order valence-electron chi connectivity index (χ4n) is 2.46. The summed E-state index contributed by atoms with van der Waals surface area (Å²) in [6.07, 6.45) is 0.986. The van der Waals surface area contributed by atoms with E-state index >= 15 is 0 Å². The predicted molar refractivity (Wildman–Crippen MR) is 94.3 cm³/mol. The molecule has 25 heavy (non-hydrogen) atoms. The summed E-state index contributed by atoms with van der Waals surface area (Å²) in [5.74, 6) is 0. The van der Waals surface area contributed by atoms with Crippen molar-refractivity contribution in [3.8, 4) is 17.5 Å². The maximum atomic E-state index is 12.8. The Hall–Kier alpha value is -2.91. The van der Waals surface area contributed by atoms with Gasteiger partial charge in [-0.3, -0.25) is 0 Å². The third kappa shape index (κ3) is 3.47. The molecule has 6 nitrogen and oxygen atoms in total. The summed E-state index contributed by atoms with van der Waals surface area (Å²) < 4.78 is 6.95. The molecular weight excluding hydrogens is 340 g/mol. The number of hydrogen-bond acceptors (Lipinski definition) is 5. The molecule has 2 heterocycles. The monoisotopic (exact) mass is 354 g/mol. The summed E-state index contributed by atoms with van der Waals surface area (Å²) >= 11 is 5.89. The number of nitriles is 1. The minimum absolute atomic E-state index is 0.0798. The maximum Gasteiger partial charge on any atom is 0.419 e. The molecule has 126 valence electrons. The molecule has 1 aromatic carbocycles. The van der Waals surface area contributed by atoms with Crippen LogP contribution in [0.15, 0.2) is 36.5 Å². The number of rotatable bonds is 1. The molecule has 3 rings (SSSR count). The Morgan fingerprint density at radius 2 is 2.04 bits per heavy atom. The number of aromatic nitrogens is 3. The third-order valence-electron chi connectivity index (χ3n) is 3.40. The number of nitrogens with zero attached hydrogens (tertiary/aromatic N) is 4. The van der Waals surface area contributed by atoms with Crippen LogP contribution >= 0.6 is 11.6 Å². The van der Waals surface area contributed by atoms with Crippen molar-refractivity contribution in [3.63, 3.8) is 0 Å². The summed E-state index contributed by atoms with van der Waals surface area (Å²) in [5, 5.41) is 9.91. The second kappa shape index (κ2) is 6.19. The molecule has 7 heteroatoms. The van der Waals surface area contributed by atoms with E-state index in [1.54, 1.807) is 51.1 Å². The fourth-order valence-corrected chi connectivity index (χ4v) is 2.60. The zero-order valence-electron chi connectivity index (χ0n) is 13.9. The summed E-state index contributed by atoms with van der Waals surface area (Å²) in [7, 11) is 0. The van der Waals surface area contributed by atoms with E-state index in [1.807, 2.05) is 0 Å². The van der Waals surface area contributed by atoms with Crippen LogP contribution < -0.4 is 0 Å². The van der Waals surface area contributed by atoms with Crippen LogP contribution in [0.4, 0.5) is 4.79 Å². The van der Waals surface area contributed by atoms with Gasteiger partial charge in [0, 0.05) is 11.6 Å². The molecule has 0 aliphatic carbocycles. The lowest BCUT2D eigenvalue weighted by Crippen LogP contribution is -2.27. The van der Waals surface area contributed by atoms with Gasteiger partial charge in [-0.1, -0.05) is 0 Å². The molecule has 0 unspecified atom stereocenters. The fraction of sp³-hybridized carbons (Fsp3) is 0.222. The van der Waals surface area contributed by atoms with Gasteiger partial charge >= 0.3 is 6.09 Å². The van der Waals surface area contributed by atoms with Gasteiger partial charge in [-0.25, -0.2) is 19.3 Å². The van der Waals surface area contributed by atoms with E-state index < -0.39 is 11.7 Å². The zero-order chi connectivity index (χ0) is 18.2. The van der Waals surface area contributed by atoms with Crippen LogP contribution in [0.2, 0.25) is 5.28 Å². The summed E-state index contributed by atoms with van der Waals surface area (Å²) in [6.45, 7) is 5.39. The first-order chi connectivity index (χ1) is 11.8. The van der Waals surface area contributed by atoms with Crippen molar-refractivity contribution < 1.29 is 9.53 Å². The lowest BCUT2D eigenvalue weighted by Gasteiger charge is -2.20. The molecule has 0 aliphatic rings. The highest BCUT2D eigenvalue weighted by Gasteiger charge is 2.23. The molecule has 0 bridgehead atoms. The van der Waals surface area contributed by atoms with Gasteiger partial charge < -0.3 is 4.74 Å². The molecule has 0 spiro atoms. The predicted octanol–water partition coefficient (Wildman–Crippen LogP) is 4.41. The van der Waals surface area contributed by atoms with Crippen molar-refractivity contribution in [1.29, 1.82) is 5.26 Å². The number of halogens is 1. The van der Waals surface area contributed by atoms with Crippen LogP contribution in [-0.4, -0.2) is 26.2 Å². The average Bonchev–Trinajstić information content (AvgIpc) is 2.91. The van der Waals surface area contributed by atoms with Crippen molar-refractivity contribution in [2.45, 2.75) is 26.4 Å². The van der Waals surface area contributed by atoms with Gasteiger partial charge in [-0.15, -0.1) is 0 Å². The Balaban J connectivity index is 2.25. The van der Waals surface area contributed by atoms with Crippen LogP contribution in [0.1, 0.15) is 26.3 Å². The van der Waals surface area contributed by atoms with Crippen molar-refractivity contribution >= 4 is 28.6 Å². The van der Waals surface area contributed by atoms with Gasteiger partial charge in [-0.05, 0) is 62.7 Å². The standard InChI is InChI=1S/C18H15ClN4O2/c1-18(2,3)25-17(24)23-14-5-4-11(10-20)8-12(14)9-15(23)13-6-7-21-16(19)22-13/h4-9H,1-3H3. The quantitative estimate of drug-likeness (QED) is 0.605. The van der Waals surface area contributed by atoms with E-state index in [9.17, 15) is 4.79 Å². The highest BCUT2D eigenvalue weighted by molar-refractivity contribution is 6.28. The van der Waals surface area contributed by atoms with Gasteiger partial charge in [0.1, 0.15) is 5.60 Å². The highest BCUT2D eigenvalue weighted by atomic mass is 35.5. The largest absolute Gasteiger partial charge is 0.443 e. The highest BCUT2D eigenvalue weighted by Crippen LogP contribution is 2.29. The Bertz CT molecular complexity index is 1010. The third-order valence-corrected chi connectivity index (χ3v) is 3.58. The number of carbonyl (C=O) groups is 1. The number of hydrogen-bond donors (Lipinski definition) is 0. The Labute approximate surface area is 149 Å². The molecule has 3 aromatic rings. The van der Waals surface area contributed by atoms with Gasteiger partial charge in [0.05, 0.1) is 28.5 Å². The Morgan fingerprint density at radius 3 is 2.68 bits per heavy atom. The van der Waals surface area contributed by atoms with E-state index in [0.29, 0.717) is 22.5 Å². The maximum absolute atomic E-state index is 12.8. The molecule has 0 amide bonds. The first-order valence-electron chi connectivity index (χ1n) is 7.56. The van der Waals surface area contributed by atoms with Gasteiger partial charge in [-0.2, -0.15) is 5.26 Å². The topological polar surface area (TPSA) is 80.8 Å². The summed E-state index contributed by atoms with van der Waals surface area (Å²) in [5.41, 5.74) is 1.48. The number of ether oxygens (including phenoxy) is 1. The zero-order valence-corrected chi connectivity index (χ0v) is 14.7. The molecule has 0 fully saturated rings. The minimum Gasteiger partial charge on any atom is -0.443 e. The van der Waals surface area contributed by atoms with Crippen molar-refractivity contribution in [2.75, 3.05) is 0 Å². The second-order valence-electron chi connectivity index (χ2n) is 6.44. The van der Waals surface area contributed by atoms with Gasteiger partial charge in [0.15, 0.2) is 0 Å². The van der Waals surface area contributed by atoms with Crippen molar-refractivity contribution in [1.82, 2.24) is 14.5 Å². The van der Waals surface area contributed by atoms with E-state index in [1.165, 1.54) is 10.8 Å². The molecule has 0 saturated carbocycles. The van der Waals surface area contributed by atoms with Gasteiger partial charge in [0.25, 0.3) is 0 Å². The molecule has 0 aliphatic heterocycles. The second-order valence-corrected chi connectivity index (χ2v) is 6.78. The first kappa shape index (κ1) is 16.9. The van der Waals surface area contributed by atoms with Crippen LogP contribution in [-0.2, 0) is 4.74 Å². The molecule has 2 aromatic heterocycles. The molecule has 0 saturated heterocycles. The van der Waals surface area contributed by atoms with Gasteiger partial charge in [0.2, 0.25) is 5.28 Å². The van der Waals surface area contributed by atoms with E-state index in [4.69, 9.17) is 21.6 Å². The smallest absolute Gasteiger partial charge is 0.419 e. The van der Waals surface area contributed by atoms with Crippen LogP contribution in [0, 0.1) is 11.3 Å². The van der Waals surface area contributed by atoms with Crippen LogP contribution in [0.5, 0.6) is 0 Å². The summed E-state index contributed by atoms with van der Waals surface area (Å²) in [4.78, 5) is 20.8. The molecule has 0 N–H and O–H groups in total. The van der Waals surface area contributed by atoms with Crippen molar-refractivity contribution in [2.24, 2.45) is 0 Å². The lowest BCUT2D eigenvalue weighted by atomic mass is 10.2. The Morgan fingerprint density at radius 1 is 1.28 bits per heavy atom. The number of carbonyl (C=O) groups excluding carboxylic acids is 1. The van der Waals surface area contributed by atoms with Crippen LogP contribution in [0.25, 0.3) is 22.3 Å². The van der Waals surface area contributed by atoms with E-state index in [-0.39, 0.29) is 5.28 Å². The lowest BCUT2D eigenvalue weighted by molar-refractivity contribution is 0.0547.